The van der Waals surface area contributed by atoms with Gasteiger partial charge in [0, 0.05) is 12.0 Å². The molecular formula is C31H38N2O6. The zero-order valence-electron chi connectivity index (χ0n) is 23.3. The highest BCUT2D eigenvalue weighted by atomic mass is 16.5. The van der Waals surface area contributed by atoms with E-state index in [1.165, 1.54) is 13.2 Å². The Morgan fingerprint density at radius 1 is 0.795 bits per heavy atom. The van der Waals surface area contributed by atoms with Crippen LogP contribution in [0.25, 0.3) is 0 Å². The van der Waals surface area contributed by atoms with Crippen molar-refractivity contribution >= 4 is 23.8 Å². The van der Waals surface area contributed by atoms with Gasteiger partial charge < -0.3 is 20.1 Å². The van der Waals surface area contributed by atoms with Gasteiger partial charge in [0.1, 0.15) is 12.1 Å². The van der Waals surface area contributed by atoms with E-state index < -0.39 is 53.8 Å². The van der Waals surface area contributed by atoms with Crippen LogP contribution in [0, 0.1) is 5.92 Å². The minimum absolute atomic E-state index is 0.406. The summed E-state index contributed by atoms with van der Waals surface area (Å²) < 4.78 is 10.6. The third kappa shape index (κ3) is 9.25. The molecule has 2 aromatic carbocycles. The number of nitrogens with one attached hydrogen (secondary N) is 2. The monoisotopic (exact) mass is 534 g/mol. The molecule has 0 heterocycles. The van der Waals surface area contributed by atoms with Crippen LogP contribution in [0.2, 0.25) is 0 Å². The molecule has 0 aromatic heterocycles. The summed E-state index contributed by atoms with van der Waals surface area (Å²) in [7, 11) is 1.25. The van der Waals surface area contributed by atoms with Crippen molar-refractivity contribution in [3.05, 3.63) is 95.6 Å². The normalized spacial score (nSPS) is 15.4. The molecule has 5 atom stereocenters. The number of ether oxygens (including phenoxy) is 2. The van der Waals surface area contributed by atoms with Gasteiger partial charge in [0.05, 0.1) is 13.0 Å². The zero-order valence-corrected chi connectivity index (χ0v) is 23.3. The van der Waals surface area contributed by atoms with Crippen molar-refractivity contribution in [2.24, 2.45) is 5.92 Å². The SMILES string of the molecule is C/C=C(C)/C=C/C(=O)N[C@H](C(=O)O[C@H](C)[C@@H](C)C(=O)N[C@@H](C(=O)OC)c1ccccc1)[C@H](C)c1ccccc1. The lowest BCUT2D eigenvalue weighted by Crippen LogP contribution is -2.47. The fourth-order valence-electron chi connectivity index (χ4n) is 3.73. The number of hydrogen-bond acceptors (Lipinski definition) is 6. The third-order valence-electron chi connectivity index (χ3n) is 6.61. The summed E-state index contributed by atoms with van der Waals surface area (Å²) in [5.41, 5.74) is 2.31. The maximum Gasteiger partial charge on any atom is 0.333 e. The molecule has 0 unspecified atom stereocenters. The van der Waals surface area contributed by atoms with Crippen LogP contribution in [0.15, 0.2) is 84.5 Å². The average Bonchev–Trinajstić information content (AvgIpc) is 2.96. The number of esters is 2. The second kappa shape index (κ2) is 15.3. The minimum atomic E-state index is -1.01. The summed E-state index contributed by atoms with van der Waals surface area (Å²) in [5.74, 6) is -3.43. The highest BCUT2D eigenvalue weighted by molar-refractivity contribution is 5.92. The van der Waals surface area contributed by atoms with E-state index in [1.807, 2.05) is 57.2 Å². The van der Waals surface area contributed by atoms with Crippen LogP contribution >= 0.6 is 0 Å². The first-order valence-corrected chi connectivity index (χ1v) is 12.9. The van der Waals surface area contributed by atoms with Gasteiger partial charge in [-0.3, -0.25) is 9.59 Å². The van der Waals surface area contributed by atoms with E-state index in [1.54, 1.807) is 50.3 Å². The van der Waals surface area contributed by atoms with E-state index >= 15 is 0 Å². The molecule has 0 saturated carbocycles. The van der Waals surface area contributed by atoms with Gasteiger partial charge in [-0.25, -0.2) is 9.59 Å². The van der Waals surface area contributed by atoms with E-state index in [4.69, 9.17) is 9.47 Å². The number of hydrogen-bond donors (Lipinski definition) is 2. The maximum atomic E-state index is 13.3. The number of rotatable bonds is 12. The van der Waals surface area contributed by atoms with Gasteiger partial charge in [0.15, 0.2) is 6.04 Å². The average molecular weight is 535 g/mol. The number of benzene rings is 2. The van der Waals surface area contributed by atoms with Crippen LogP contribution in [-0.2, 0) is 28.7 Å². The zero-order chi connectivity index (χ0) is 28.9. The summed E-state index contributed by atoms with van der Waals surface area (Å²) in [4.78, 5) is 51.4. The molecule has 8 nitrogen and oxygen atoms in total. The summed E-state index contributed by atoms with van der Waals surface area (Å²) in [6.45, 7) is 8.74. The molecule has 0 fully saturated rings. The van der Waals surface area contributed by atoms with E-state index in [-0.39, 0.29) is 0 Å². The van der Waals surface area contributed by atoms with Gasteiger partial charge in [-0.1, -0.05) is 92.2 Å². The lowest BCUT2D eigenvalue weighted by Gasteiger charge is -2.27. The lowest BCUT2D eigenvalue weighted by atomic mass is 9.93. The highest BCUT2D eigenvalue weighted by Gasteiger charge is 2.34. The first-order chi connectivity index (χ1) is 18.6. The van der Waals surface area contributed by atoms with Crippen molar-refractivity contribution in [1.29, 1.82) is 0 Å². The first kappa shape index (κ1) is 31.0. The minimum Gasteiger partial charge on any atom is -0.467 e. The Balaban J connectivity index is 2.18. The predicted molar refractivity (Wildman–Crippen MR) is 149 cm³/mol. The summed E-state index contributed by atoms with van der Waals surface area (Å²) in [6.07, 6.45) is 4.03. The number of carbonyl (C=O) groups excluding carboxylic acids is 4. The predicted octanol–water partition coefficient (Wildman–Crippen LogP) is 4.40. The standard InChI is InChI=1S/C31H38N2O6/c1-7-20(2)18-19-26(34)32-27(22(4)24-14-10-8-11-15-24)31(37)39-23(5)21(3)29(35)33-28(30(36)38-6)25-16-12-9-13-17-25/h7-19,21-23,27-28H,1-6H3,(H,32,34)(H,33,35)/b19-18+,20-7+/t21-,22-,23-,27+,28-/m1/s1. The molecule has 2 aromatic rings. The molecule has 2 N–H and O–H groups in total. The number of carbonyl (C=O) groups is 4. The van der Waals surface area contributed by atoms with Crippen molar-refractivity contribution in [3.63, 3.8) is 0 Å². The molecule has 0 radical (unpaired) electrons. The molecule has 8 heteroatoms. The van der Waals surface area contributed by atoms with Gasteiger partial charge in [-0.2, -0.15) is 0 Å². The molecule has 2 rings (SSSR count). The molecule has 2 amide bonds. The second-order valence-electron chi connectivity index (χ2n) is 9.36. The molecule has 0 aliphatic rings. The van der Waals surface area contributed by atoms with Gasteiger partial charge in [0.2, 0.25) is 11.8 Å². The maximum absolute atomic E-state index is 13.3. The van der Waals surface area contributed by atoms with E-state index in [2.05, 4.69) is 10.6 Å². The second-order valence-corrected chi connectivity index (χ2v) is 9.36. The van der Waals surface area contributed by atoms with E-state index in [0.717, 1.165) is 11.1 Å². The molecule has 0 spiro atoms. The highest BCUT2D eigenvalue weighted by Crippen LogP contribution is 2.22. The molecule has 39 heavy (non-hydrogen) atoms. The Hall–Kier alpha value is -4.20. The Kier molecular flexibility index (Phi) is 12.1. The summed E-state index contributed by atoms with van der Waals surface area (Å²) in [5, 5.41) is 5.45. The fraction of sp³-hybridized carbons (Fsp3) is 0.355. The Labute approximate surface area is 230 Å². The van der Waals surface area contributed by atoms with Crippen LogP contribution in [-0.4, -0.2) is 43.0 Å². The molecule has 0 bridgehead atoms. The molecule has 0 aliphatic carbocycles. The van der Waals surface area contributed by atoms with Crippen molar-refractivity contribution in [2.45, 2.75) is 58.7 Å². The van der Waals surface area contributed by atoms with Crippen LogP contribution < -0.4 is 10.6 Å². The van der Waals surface area contributed by atoms with Crippen molar-refractivity contribution < 1.29 is 28.7 Å². The largest absolute Gasteiger partial charge is 0.467 e. The summed E-state index contributed by atoms with van der Waals surface area (Å²) in [6, 6.07) is 16.0. The smallest absolute Gasteiger partial charge is 0.333 e. The Morgan fingerprint density at radius 2 is 1.36 bits per heavy atom. The summed E-state index contributed by atoms with van der Waals surface area (Å²) >= 11 is 0. The van der Waals surface area contributed by atoms with Crippen molar-refractivity contribution in [1.82, 2.24) is 10.6 Å². The van der Waals surface area contributed by atoms with Gasteiger partial charge in [0.25, 0.3) is 0 Å². The van der Waals surface area contributed by atoms with Crippen molar-refractivity contribution in [3.8, 4) is 0 Å². The molecule has 208 valence electrons. The molecule has 0 saturated heterocycles. The van der Waals surface area contributed by atoms with Crippen LogP contribution in [0.1, 0.15) is 57.7 Å². The number of amides is 2. The van der Waals surface area contributed by atoms with E-state index in [9.17, 15) is 19.2 Å². The van der Waals surface area contributed by atoms with Crippen molar-refractivity contribution in [2.75, 3.05) is 7.11 Å². The quantitative estimate of drug-likeness (QED) is 0.237. The van der Waals surface area contributed by atoms with Crippen LogP contribution in [0.4, 0.5) is 0 Å². The first-order valence-electron chi connectivity index (χ1n) is 12.9. The Bertz CT molecular complexity index is 1180. The number of allylic oxidation sites excluding steroid dienone is 3. The topological polar surface area (TPSA) is 111 Å². The van der Waals surface area contributed by atoms with Gasteiger partial charge in [-0.05, 0) is 31.9 Å². The lowest BCUT2D eigenvalue weighted by molar-refractivity contribution is -0.157. The van der Waals surface area contributed by atoms with Gasteiger partial charge >= 0.3 is 11.9 Å². The van der Waals surface area contributed by atoms with Crippen LogP contribution in [0.3, 0.4) is 0 Å². The number of methoxy groups -OCH3 is 1. The fourth-order valence-corrected chi connectivity index (χ4v) is 3.73. The third-order valence-corrected chi connectivity index (χ3v) is 6.61. The van der Waals surface area contributed by atoms with Gasteiger partial charge in [-0.15, -0.1) is 0 Å². The van der Waals surface area contributed by atoms with E-state index in [0.29, 0.717) is 5.56 Å². The molecule has 0 aliphatic heterocycles. The van der Waals surface area contributed by atoms with Crippen LogP contribution in [0.5, 0.6) is 0 Å². The molecular weight excluding hydrogens is 496 g/mol. The Morgan fingerprint density at radius 3 is 1.90 bits per heavy atom.